The van der Waals surface area contributed by atoms with Crippen LogP contribution in [-0.2, 0) is 4.74 Å². The van der Waals surface area contributed by atoms with Gasteiger partial charge in [-0.05, 0) is 60.1 Å². The van der Waals surface area contributed by atoms with E-state index >= 15 is 0 Å². The van der Waals surface area contributed by atoms with Crippen molar-refractivity contribution in [2.45, 2.75) is 13.8 Å². The van der Waals surface area contributed by atoms with E-state index in [0.29, 0.717) is 16.9 Å². The van der Waals surface area contributed by atoms with E-state index in [2.05, 4.69) is 31.2 Å². The minimum Gasteiger partial charge on any atom is -0.497 e. The number of aromatic nitrogens is 2. The third kappa shape index (κ3) is 4.48. The Morgan fingerprint density at radius 1 is 1.26 bits per heavy atom. The number of benzene rings is 1. The van der Waals surface area contributed by atoms with Crippen molar-refractivity contribution in [3.63, 3.8) is 0 Å². The van der Waals surface area contributed by atoms with Gasteiger partial charge >= 0.3 is 5.97 Å². The topological polar surface area (TPSA) is 73.3 Å². The maximum atomic E-state index is 12.4. The maximum absolute atomic E-state index is 12.4. The number of aryl methyl sites for hydroxylation is 1. The Kier molecular flexibility index (Phi) is 6.98. The van der Waals surface area contributed by atoms with Crippen LogP contribution in [0.5, 0.6) is 5.75 Å². The van der Waals surface area contributed by atoms with Gasteiger partial charge in [0.15, 0.2) is 5.65 Å². The number of nitrogens with one attached hydrogen (secondary N) is 1. The summed E-state index contributed by atoms with van der Waals surface area (Å²) in [6.07, 6.45) is 1.49. The largest absolute Gasteiger partial charge is 0.497 e. The molecule has 0 bridgehead atoms. The highest BCUT2D eigenvalue weighted by atomic mass is 79.9. The van der Waals surface area contributed by atoms with Crippen molar-refractivity contribution < 1.29 is 14.3 Å². The number of nitrogens with zero attached hydrogens (tertiary/aromatic N) is 2. The van der Waals surface area contributed by atoms with Gasteiger partial charge in [0, 0.05) is 21.7 Å². The molecule has 0 saturated carbocycles. The number of esters is 1. The number of pyridine rings is 2. The maximum Gasteiger partial charge on any atom is 0.341 e. The quantitative estimate of drug-likeness (QED) is 0.546. The number of hydrogen-bond acceptors (Lipinski definition) is 6. The van der Waals surface area contributed by atoms with Crippen LogP contribution < -0.4 is 10.1 Å². The number of fused-ring (bicyclic) bond motifs is 1. The number of carbonyl (C=O) groups excluding carboxylic acids is 1. The summed E-state index contributed by atoms with van der Waals surface area (Å²) in [5.41, 5.74) is 3.14. The van der Waals surface area contributed by atoms with E-state index in [1.807, 2.05) is 37.3 Å². The SMILES string of the molecule is CCOC(=O)c1cnc2nc(C)c(Br)cc2c1Nc1ccc(OC)cc1.Cl. The molecule has 2 aromatic heterocycles. The molecule has 0 amide bonds. The van der Waals surface area contributed by atoms with Gasteiger partial charge in [-0.1, -0.05) is 0 Å². The molecule has 142 valence electrons. The van der Waals surface area contributed by atoms with Crippen LogP contribution in [0.3, 0.4) is 0 Å². The van der Waals surface area contributed by atoms with Gasteiger partial charge in [0.25, 0.3) is 0 Å². The van der Waals surface area contributed by atoms with Gasteiger partial charge in [-0.25, -0.2) is 14.8 Å². The highest BCUT2D eigenvalue weighted by Gasteiger charge is 2.18. The lowest BCUT2D eigenvalue weighted by Crippen LogP contribution is -2.10. The minimum atomic E-state index is -0.436. The zero-order valence-electron chi connectivity index (χ0n) is 15.1. The Hall–Kier alpha value is -2.38. The van der Waals surface area contributed by atoms with Crippen LogP contribution in [0.4, 0.5) is 11.4 Å². The summed E-state index contributed by atoms with van der Waals surface area (Å²) in [6, 6.07) is 9.33. The number of halogens is 2. The van der Waals surface area contributed by atoms with E-state index in [9.17, 15) is 4.79 Å². The van der Waals surface area contributed by atoms with Gasteiger partial charge in [0.05, 0.1) is 25.1 Å². The van der Waals surface area contributed by atoms with Crippen molar-refractivity contribution in [1.29, 1.82) is 0 Å². The molecular weight excluding hydrogens is 434 g/mol. The zero-order chi connectivity index (χ0) is 18.7. The molecule has 0 aliphatic rings. The molecule has 6 nitrogen and oxygen atoms in total. The number of carbonyl (C=O) groups is 1. The standard InChI is InChI=1S/C19H18BrN3O3.ClH/c1-4-26-19(24)15-10-21-18-14(9-16(20)11(2)22-18)17(15)23-12-5-7-13(25-3)8-6-12;/h5-10H,4H2,1-3H3,(H,21,22,23);1H. The lowest BCUT2D eigenvalue weighted by molar-refractivity contribution is 0.0527. The second-order valence-corrected chi connectivity index (χ2v) is 6.40. The molecule has 1 aromatic carbocycles. The Labute approximate surface area is 171 Å². The average Bonchev–Trinajstić information content (AvgIpc) is 2.64. The van der Waals surface area contributed by atoms with Crippen LogP contribution in [0.15, 0.2) is 41.0 Å². The Bertz CT molecular complexity index is 965. The number of methoxy groups -OCH3 is 1. The number of ether oxygens (including phenoxy) is 2. The van der Waals surface area contributed by atoms with Crippen molar-refractivity contribution in [2.24, 2.45) is 0 Å². The molecule has 3 aromatic rings. The van der Waals surface area contributed by atoms with Gasteiger partial charge in [0.2, 0.25) is 0 Å². The van der Waals surface area contributed by atoms with E-state index in [4.69, 9.17) is 9.47 Å². The van der Waals surface area contributed by atoms with Crippen LogP contribution in [0.1, 0.15) is 23.0 Å². The van der Waals surface area contributed by atoms with Crippen LogP contribution in [0, 0.1) is 6.92 Å². The molecule has 0 unspecified atom stereocenters. The van der Waals surface area contributed by atoms with Crippen molar-refractivity contribution in [3.05, 3.63) is 52.3 Å². The summed E-state index contributed by atoms with van der Waals surface area (Å²) < 4.78 is 11.2. The van der Waals surface area contributed by atoms with E-state index in [-0.39, 0.29) is 19.0 Å². The Balaban J connectivity index is 0.00000261. The van der Waals surface area contributed by atoms with E-state index in [1.165, 1.54) is 6.20 Å². The predicted molar refractivity (Wildman–Crippen MR) is 111 cm³/mol. The molecule has 0 aliphatic heterocycles. The molecule has 0 radical (unpaired) electrons. The van der Waals surface area contributed by atoms with Crippen molar-refractivity contribution in [2.75, 3.05) is 19.0 Å². The highest BCUT2D eigenvalue weighted by Crippen LogP contribution is 2.32. The van der Waals surface area contributed by atoms with Crippen LogP contribution in [0.25, 0.3) is 11.0 Å². The van der Waals surface area contributed by atoms with Crippen molar-refractivity contribution in [1.82, 2.24) is 9.97 Å². The molecule has 0 spiro atoms. The smallest absolute Gasteiger partial charge is 0.341 e. The summed E-state index contributed by atoms with van der Waals surface area (Å²) in [7, 11) is 1.61. The van der Waals surface area contributed by atoms with Crippen molar-refractivity contribution >= 4 is 56.7 Å². The summed E-state index contributed by atoms with van der Waals surface area (Å²) in [4.78, 5) is 21.2. The van der Waals surface area contributed by atoms with Gasteiger partial charge < -0.3 is 14.8 Å². The third-order valence-electron chi connectivity index (χ3n) is 3.84. The summed E-state index contributed by atoms with van der Waals surface area (Å²) in [5.74, 6) is 0.315. The molecule has 3 rings (SSSR count). The molecule has 8 heteroatoms. The first-order valence-corrected chi connectivity index (χ1v) is 8.86. The second-order valence-electron chi connectivity index (χ2n) is 5.55. The van der Waals surface area contributed by atoms with Gasteiger partial charge in [0.1, 0.15) is 11.3 Å². The van der Waals surface area contributed by atoms with E-state index in [0.717, 1.165) is 27.0 Å². The van der Waals surface area contributed by atoms with Gasteiger partial charge in [-0.15, -0.1) is 12.4 Å². The molecule has 0 atom stereocenters. The zero-order valence-corrected chi connectivity index (χ0v) is 17.5. The Morgan fingerprint density at radius 2 is 1.96 bits per heavy atom. The summed E-state index contributed by atoms with van der Waals surface area (Å²) >= 11 is 3.50. The number of hydrogen-bond donors (Lipinski definition) is 1. The fraction of sp³-hybridized carbons (Fsp3) is 0.211. The van der Waals surface area contributed by atoms with Gasteiger partial charge in [-0.3, -0.25) is 0 Å². The fourth-order valence-corrected chi connectivity index (χ4v) is 2.82. The summed E-state index contributed by atoms with van der Waals surface area (Å²) in [5, 5.41) is 4.02. The molecule has 27 heavy (non-hydrogen) atoms. The third-order valence-corrected chi connectivity index (χ3v) is 4.64. The predicted octanol–water partition coefficient (Wildman–Crippen LogP) is 5.05. The number of anilines is 2. The Morgan fingerprint density at radius 3 is 2.59 bits per heavy atom. The lowest BCUT2D eigenvalue weighted by atomic mass is 10.1. The minimum absolute atomic E-state index is 0. The summed E-state index contributed by atoms with van der Waals surface area (Å²) in [6.45, 7) is 3.94. The van der Waals surface area contributed by atoms with Gasteiger partial charge in [-0.2, -0.15) is 0 Å². The lowest BCUT2D eigenvalue weighted by Gasteiger charge is -2.15. The van der Waals surface area contributed by atoms with Crippen LogP contribution >= 0.6 is 28.3 Å². The van der Waals surface area contributed by atoms with E-state index in [1.54, 1.807) is 14.0 Å². The van der Waals surface area contributed by atoms with Crippen molar-refractivity contribution in [3.8, 4) is 5.75 Å². The first-order valence-electron chi connectivity index (χ1n) is 8.07. The number of rotatable bonds is 5. The average molecular weight is 453 g/mol. The normalized spacial score (nSPS) is 10.2. The highest BCUT2D eigenvalue weighted by molar-refractivity contribution is 9.10. The van der Waals surface area contributed by atoms with E-state index < -0.39 is 5.97 Å². The molecule has 0 saturated heterocycles. The first kappa shape index (κ1) is 20.9. The molecular formula is C19H19BrClN3O3. The molecule has 1 N–H and O–H groups in total. The molecule has 0 fully saturated rings. The second kappa shape index (κ2) is 9.01. The van der Waals surface area contributed by atoms with Crippen LogP contribution in [0.2, 0.25) is 0 Å². The molecule has 2 heterocycles. The fourth-order valence-electron chi connectivity index (χ4n) is 2.50. The first-order chi connectivity index (χ1) is 12.5. The van der Waals surface area contributed by atoms with Crippen LogP contribution in [-0.4, -0.2) is 29.7 Å². The molecule has 0 aliphatic carbocycles. The monoisotopic (exact) mass is 451 g/mol.